The van der Waals surface area contributed by atoms with Crippen molar-refractivity contribution in [2.45, 2.75) is 38.0 Å². The number of piperidine rings is 1. The van der Waals surface area contributed by atoms with Crippen molar-refractivity contribution in [3.05, 3.63) is 95.1 Å². The Morgan fingerprint density at radius 2 is 1.45 bits per heavy atom. The SMILES string of the molecule is O=C(NCc1ccc(CN2CCC(O)CC2)cc1)OCC1c2ccccc2-c2ccccc21. The maximum atomic E-state index is 12.4. The molecule has 1 saturated heterocycles. The molecule has 5 nitrogen and oxygen atoms in total. The lowest BCUT2D eigenvalue weighted by molar-refractivity contribution is 0.0792. The van der Waals surface area contributed by atoms with Crippen molar-refractivity contribution in [2.24, 2.45) is 0 Å². The van der Waals surface area contributed by atoms with Gasteiger partial charge in [-0.2, -0.15) is 0 Å². The molecule has 1 fully saturated rings. The quantitative estimate of drug-likeness (QED) is 0.582. The third kappa shape index (κ3) is 4.95. The zero-order valence-corrected chi connectivity index (χ0v) is 18.7. The molecule has 0 bridgehead atoms. The summed E-state index contributed by atoms with van der Waals surface area (Å²) in [6, 6.07) is 25.0. The zero-order valence-electron chi connectivity index (χ0n) is 18.7. The molecule has 0 aromatic heterocycles. The van der Waals surface area contributed by atoms with Crippen LogP contribution in [-0.2, 0) is 17.8 Å². The van der Waals surface area contributed by atoms with Crippen LogP contribution < -0.4 is 5.32 Å². The fourth-order valence-corrected chi connectivity index (χ4v) is 4.92. The van der Waals surface area contributed by atoms with Crippen LogP contribution in [0.1, 0.15) is 41.0 Å². The monoisotopic (exact) mass is 442 g/mol. The van der Waals surface area contributed by atoms with E-state index in [1.807, 2.05) is 24.3 Å². The third-order valence-corrected chi connectivity index (χ3v) is 6.77. The summed E-state index contributed by atoms with van der Waals surface area (Å²) in [6.45, 7) is 3.53. The van der Waals surface area contributed by atoms with Crippen LogP contribution in [0, 0.1) is 0 Å². The van der Waals surface area contributed by atoms with E-state index in [-0.39, 0.29) is 12.0 Å². The molecule has 0 saturated carbocycles. The molecule has 1 heterocycles. The fourth-order valence-electron chi connectivity index (χ4n) is 4.92. The zero-order chi connectivity index (χ0) is 22.6. The lowest BCUT2D eigenvalue weighted by Crippen LogP contribution is -2.35. The van der Waals surface area contributed by atoms with Crippen LogP contribution in [0.3, 0.4) is 0 Å². The molecule has 2 aliphatic rings. The summed E-state index contributed by atoms with van der Waals surface area (Å²) in [5.41, 5.74) is 7.17. The molecule has 3 aromatic rings. The molecule has 33 heavy (non-hydrogen) atoms. The van der Waals surface area contributed by atoms with Gasteiger partial charge in [-0.05, 0) is 46.2 Å². The van der Waals surface area contributed by atoms with E-state index in [1.165, 1.54) is 27.8 Å². The Labute approximate surface area is 195 Å². The molecule has 5 heteroatoms. The van der Waals surface area contributed by atoms with Gasteiger partial charge in [-0.1, -0.05) is 72.8 Å². The largest absolute Gasteiger partial charge is 0.449 e. The number of carbonyl (C=O) groups excluding carboxylic acids is 1. The number of carbonyl (C=O) groups is 1. The second kappa shape index (κ2) is 9.77. The van der Waals surface area contributed by atoms with Crippen molar-refractivity contribution >= 4 is 6.09 Å². The summed E-state index contributed by atoms with van der Waals surface area (Å²) in [7, 11) is 0. The number of amides is 1. The van der Waals surface area contributed by atoms with Crippen molar-refractivity contribution in [2.75, 3.05) is 19.7 Å². The Bertz CT molecular complexity index is 1060. The molecule has 0 atom stereocenters. The second-order valence-corrected chi connectivity index (χ2v) is 9.00. The lowest BCUT2D eigenvalue weighted by Gasteiger charge is -2.29. The predicted octanol–water partition coefficient (Wildman–Crippen LogP) is 4.68. The van der Waals surface area contributed by atoms with Crippen molar-refractivity contribution in [3.8, 4) is 11.1 Å². The van der Waals surface area contributed by atoms with E-state index in [0.717, 1.165) is 38.0 Å². The highest BCUT2D eigenvalue weighted by atomic mass is 16.5. The molecule has 0 radical (unpaired) electrons. The van der Waals surface area contributed by atoms with Gasteiger partial charge in [0.25, 0.3) is 0 Å². The van der Waals surface area contributed by atoms with Gasteiger partial charge in [-0.25, -0.2) is 4.79 Å². The standard InChI is InChI=1S/C28H30N2O3/c31-22-13-15-30(16-14-22)18-21-11-9-20(10-12-21)17-29-28(32)33-19-27-25-7-3-1-5-23(25)24-6-2-4-8-26(24)27/h1-12,22,27,31H,13-19H2,(H,29,32). The van der Waals surface area contributed by atoms with Crippen LogP contribution in [0.25, 0.3) is 11.1 Å². The van der Waals surface area contributed by atoms with Gasteiger partial charge < -0.3 is 15.2 Å². The molecule has 1 amide bonds. The van der Waals surface area contributed by atoms with Gasteiger partial charge in [0.05, 0.1) is 6.10 Å². The van der Waals surface area contributed by atoms with Gasteiger partial charge in [-0.3, -0.25) is 4.90 Å². The Kier molecular flexibility index (Phi) is 6.42. The van der Waals surface area contributed by atoms with E-state index in [1.54, 1.807) is 0 Å². The Morgan fingerprint density at radius 3 is 2.09 bits per heavy atom. The van der Waals surface area contributed by atoms with E-state index in [0.29, 0.717) is 13.2 Å². The normalized spacial score (nSPS) is 16.3. The summed E-state index contributed by atoms with van der Waals surface area (Å²) in [5.74, 6) is 0.0679. The summed E-state index contributed by atoms with van der Waals surface area (Å²) in [4.78, 5) is 14.8. The number of aliphatic hydroxyl groups is 1. The smallest absolute Gasteiger partial charge is 0.407 e. The number of hydrogen-bond acceptors (Lipinski definition) is 4. The second-order valence-electron chi connectivity index (χ2n) is 9.00. The van der Waals surface area contributed by atoms with E-state index in [4.69, 9.17) is 4.74 Å². The van der Waals surface area contributed by atoms with Crippen LogP contribution in [0.2, 0.25) is 0 Å². The first-order valence-corrected chi connectivity index (χ1v) is 11.7. The van der Waals surface area contributed by atoms with Crippen molar-refractivity contribution in [1.82, 2.24) is 10.2 Å². The third-order valence-electron chi connectivity index (χ3n) is 6.77. The van der Waals surface area contributed by atoms with Crippen molar-refractivity contribution < 1.29 is 14.6 Å². The maximum absolute atomic E-state index is 12.4. The fraction of sp³-hybridized carbons (Fsp3) is 0.321. The van der Waals surface area contributed by atoms with Crippen LogP contribution in [-0.4, -0.2) is 41.9 Å². The number of nitrogens with zero attached hydrogens (tertiary/aromatic N) is 1. The number of likely N-dealkylation sites (tertiary alicyclic amines) is 1. The highest BCUT2D eigenvalue weighted by molar-refractivity contribution is 5.79. The number of hydrogen-bond donors (Lipinski definition) is 2. The van der Waals surface area contributed by atoms with E-state index < -0.39 is 6.09 Å². The van der Waals surface area contributed by atoms with Gasteiger partial charge in [-0.15, -0.1) is 0 Å². The summed E-state index contributed by atoms with van der Waals surface area (Å²) in [6.07, 6.45) is 1.16. The van der Waals surface area contributed by atoms with E-state index in [9.17, 15) is 9.90 Å². The van der Waals surface area contributed by atoms with Crippen molar-refractivity contribution in [1.29, 1.82) is 0 Å². The Hall–Kier alpha value is -3.15. The molecule has 1 aliphatic carbocycles. The van der Waals surface area contributed by atoms with Crippen molar-refractivity contribution in [3.63, 3.8) is 0 Å². The average Bonchev–Trinajstić information content (AvgIpc) is 3.17. The van der Waals surface area contributed by atoms with Gasteiger partial charge >= 0.3 is 6.09 Å². The van der Waals surface area contributed by atoms with Crippen LogP contribution in [0.15, 0.2) is 72.8 Å². The number of ether oxygens (including phenoxy) is 1. The van der Waals surface area contributed by atoms with Crippen LogP contribution in [0.5, 0.6) is 0 Å². The van der Waals surface area contributed by atoms with Gasteiger partial charge in [0.1, 0.15) is 6.61 Å². The minimum absolute atomic E-state index is 0.0679. The van der Waals surface area contributed by atoms with E-state index >= 15 is 0 Å². The molecule has 2 N–H and O–H groups in total. The highest BCUT2D eigenvalue weighted by Gasteiger charge is 2.29. The van der Waals surface area contributed by atoms with Crippen LogP contribution in [0.4, 0.5) is 4.79 Å². The maximum Gasteiger partial charge on any atom is 0.407 e. The first kappa shape index (κ1) is 21.7. The predicted molar refractivity (Wildman–Crippen MR) is 129 cm³/mol. The number of aliphatic hydroxyl groups excluding tert-OH is 1. The van der Waals surface area contributed by atoms with Gasteiger partial charge in [0.2, 0.25) is 0 Å². The number of benzene rings is 3. The summed E-state index contributed by atoms with van der Waals surface area (Å²) < 4.78 is 5.62. The molecule has 3 aromatic carbocycles. The number of fused-ring (bicyclic) bond motifs is 3. The molecule has 5 rings (SSSR count). The molecule has 1 aliphatic heterocycles. The lowest BCUT2D eigenvalue weighted by atomic mass is 9.98. The average molecular weight is 443 g/mol. The molecular formula is C28H30N2O3. The first-order chi connectivity index (χ1) is 16.2. The van der Waals surface area contributed by atoms with Gasteiger partial charge in [0, 0.05) is 32.1 Å². The molecule has 0 unspecified atom stereocenters. The number of alkyl carbamates (subject to hydrolysis) is 1. The minimum atomic E-state index is -0.396. The first-order valence-electron chi connectivity index (χ1n) is 11.7. The Morgan fingerprint density at radius 1 is 0.879 bits per heavy atom. The minimum Gasteiger partial charge on any atom is -0.449 e. The number of nitrogens with one attached hydrogen (secondary N) is 1. The highest BCUT2D eigenvalue weighted by Crippen LogP contribution is 2.44. The molecule has 170 valence electrons. The molecular weight excluding hydrogens is 412 g/mol. The van der Waals surface area contributed by atoms with Gasteiger partial charge in [0.15, 0.2) is 0 Å². The summed E-state index contributed by atoms with van der Waals surface area (Å²) in [5, 5.41) is 12.5. The topological polar surface area (TPSA) is 61.8 Å². The van der Waals surface area contributed by atoms with Crippen LogP contribution >= 0.6 is 0 Å². The Balaban J connectivity index is 1.12. The van der Waals surface area contributed by atoms with E-state index in [2.05, 4.69) is 58.7 Å². The summed E-state index contributed by atoms with van der Waals surface area (Å²) >= 11 is 0. The molecule has 0 spiro atoms. The number of rotatable bonds is 6.